The Hall–Kier alpha value is -2.74. The summed E-state index contributed by atoms with van der Waals surface area (Å²) in [7, 11) is 0. The summed E-state index contributed by atoms with van der Waals surface area (Å²) in [6.45, 7) is 11.5. The SMILES string of the molecule is CCC(=O)N(CCN1CCN(C(=O)c2cccc([N+](=O)[O-])c2)CC1)CC1=CCC2CC1C2(C)C. The van der Waals surface area contributed by atoms with E-state index in [2.05, 4.69) is 24.8 Å². The summed E-state index contributed by atoms with van der Waals surface area (Å²) in [4.78, 5) is 42.1. The third kappa shape index (κ3) is 4.87. The quantitative estimate of drug-likeness (QED) is 0.331. The second-order valence-electron chi connectivity index (χ2n) is 10.4. The molecule has 1 aromatic rings. The molecule has 2 amide bonds. The Balaban J connectivity index is 1.29. The molecule has 8 nitrogen and oxygen atoms in total. The molecule has 3 aliphatic carbocycles. The first-order valence-corrected chi connectivity index (χ1v) is 12.4. The smallest absolute Gasteiger partial charge is 0.270 e. The van der Waals surface area contributed by atoms with Crippen molar-refractivity contribution in [1.82, 2.24) is 14.7 Å². The number of allylic oxidation sites excluding steroid dienone is 1. The van der Waals surface area contributed by atoms with Crippen molar-refractivity contribution in [2.45, 2.75) is 40.0 Å². The minimum Gasteiger partial charge on any atom is -0.337 e. The molecule has 184 valence electrons. The van der Waals surface area contributed by atoms with Gasteiger partial charge in [0, 0.05) is 69.9 Å². The van der Waals surface area contributed by atoms with Gasteiger partial charge in [0.2, 0.25) is 5.91 Å². The first kappa shape index (κ1) is 24.4. The number of carbonyl (C=O) groups excluding carboxylic acids is 2. The molecule has 2 bridgehead atoms. The first-order valence-electron chi connectivity index (χ1n) is 12.4. The van der Waals surface area contributed by atoms with Crippen LogP contribution in [0.4, 0.5) is 5.69 Å². The number of fused-ring (bicyclic) bond motifs is 1. The summed E-state index contributed by atoms with van der Waals surface area (Å²) in [6, 6.07) is 5.91. The van der Waals surface area contributed by atoms with Gasteiger partial charge in [-0.25, -0.2) is 0 Å². The van der Waals surface area contributed by atoms with Crippen LogP contribution < -0.4 is 0 Å². The molecule has 1 heterocycles. The zero-order valence-electron chi connectivity index (χ0n) is 20.5. The van der Waals surface area contributed by atoms with Crippen molar-refractivity contribution in [2.24, 2.45) is 17.3 Å². The van der Waals surface area contributed by atoms with Crippen LogP contribution in [0.5, 0.6) is 0 Å². The Morgan fingerprint density at radius 3 is 2.56 bits per heavy atom. The zero-order valence-corrected chi connectivity index (χ0v) is 20.5. The van der Waals surface area contributed by atoms with E-state index in [4.69, 9.17) is 0 Å². The van der Waals surface area contributed by atoms with E-state index in [-0.39, 0.29) is 17.5 Å². The van der Waals surface area contributed by atoms with Gasteiger partial charge in [0.05, 0.1) is 4.92 Å². The van der Waals surface area contributed by atoms with Gasteiger partial charge in [-0.15, -0.1) is 0 Å². The van der Waals surface area contributed by atoms with Crippen molar-refractivity contribution >= 4 is 17.5 Å². The topological polar surface area (TPSA) is 87.0 Å². The lowest BCUT2D eigenvalue weighted by Gasteiger charge is -2.57. The molecule has 2 fully saturated rings. The lowest BCUT2D eigenvalue weighted by Crippen LogP contribution is -2.52. The molecule has 0 aromatic heterocycles. The number of amides is 2. The maximum Gasteiger partial charge on any atom is 0.270 e. The number of carbonyl (C=O) groups is 2. The number of nitro groups is 1. The molecule has 4 aliphatic rings. The van der Waals surface area contributed by atoms with Gasteiger partial charge >= 0.3 is 0 Å². The van der Waals surface area contributed by atoms with Crippen molar-refractivity contribution < 1.29 is 14.5 Å². The normalized spacial score (nSPS) is 23.6. The summed E-state index contributed by atoms with van der Waals surface area (Å²) in [5.74, 6) is 1.41. The standard InChI is InChI=1S/C26H36N4O4/c1-4-24(31)29(18-20-8-9-21-17-23(20)26(21,2)3)15-12-27-10-13-28(14-11-27)25(32)19-6-5-7-22(16-19)30(33)34/h5-8,16,21,23H,4,9-15,17-18H2,1-3H3. The Labute approximate surface area is 201 Å². The molecule has 5 rings (SSSR count). The molecule has 1 saturated carbocycles. The molecule has 8 heteroatoms. The van der Waals surface area contributed by atoms with Crippen LogP contribution in [0, 0.1) is 27.4 Å². The number of hydrogen-bond acceptors (Lipinski definition) is 5. The van der Waals surface area contributed by atoms with Crippen LogP contribution in [0.1, 0.15) is 50.4 Å². The fourth-order valence-corrected chi connectivity index (χ4v) is 5.76. The molecule has 0 spiro atoms. The van der Waals surface area contributed by atoms with Crippen LogP contribution in [-0.4, -0.2) is 77.3 Å². The fraction of sp³-hybridized carbons (Fsp3) is 0.615. The number of piperazine rings is 1. The largest absolute Gasteiger partial charge is 0.337 e. The highest BCUT2D eigenvalue weighted by Crippen LogP contribution is 2.59. The van der Waals surface area contributed by atoms with Gasteiger partial charge in [0.25, 0.3) is 11.6 Å². The third-order valence-electron chi connectivity index (χ3n) is 8.26. The summed E-state index contributed by atoms with van der Waals surface area (Å²) < 4.78 is 0. The molecular formula is C26H36N4O4. The summed E-state index contributed by atoms with van der Waals surface area (Å²) in [5.41, 5.74) is 2.07. The second kappa shape index (κ2) is 9.86. The molecule has 34 heavy (non-hydrogen) atoms. The van der Waals surface area contributed by atoms with Crippen molar-refractivity contribution in [2.75, 3.05) is 45.8 Å². The van der Waals surface area contributed by atoms with Gasteiger partial charge < -0.3 is 9.80 Å². The van der Waals surface area contributed by atoms with Gasteiger partial charge in [-0.05, 0) is 36.2 Å². The summed E-state index contributed by atoms with van der Waals surface area (Å²) in [5, 5.41) is 11.0. The highest BCUT2D eigenvalue weighted by Gasteiger charge is 2.51. The number of nitrogens with zero attached hydrogens (tertiary/aromatic N) is 4. The lowest BCUT2D eigenvalue weighted by molar-refractivity contribution is -0.384. The van der Waals surface area contributed by atoms with E-state index in [1.165, 1.54) is 24.1 Å². The van der Waals surface area contributed by atoms with Gasteiger partial charge in [0.15, 0.2) is 0 Å². The van der Waals surface area contributed by atoms with Crippen molar-refractivity contribution in [3.63, 3.8) is 0 Å². The minimum atomic E-state index is -0.480. The first-order chi connectivity index (χ1) is 16.2. The van der Waals surface area contributed by atoms with Crippen LogP contribution >= 0.6 is 0 Å². The zero-order chi connectivity index (χ0) is 24.5. The van der Waals surface area contributed by atoms with E-state index in [1.54, 1.807) is 17.0 Å². The number of benzene rings is 1. The monoisotopic (exact) mass is 468 g/mol. The average molecular weight is 469 g/mol. The third-order valence-corrected chi connectivity index (χ3v) is 8.26. The van der Waals surface area contributed by atoms with E-state index >= 15 is 0 Å². The molecule has 0 radical (unpaired) electrons. The Bertz CT molecular complexity index is 981. The highest BCUT2D eigenvalue weighted by atomic mass is 16.6. The predicted octanol–water partition coefficient (Wildman–Crippen LogP) is 3.58. The predicted molar refractivity (Wildman–Crippen MR) is 130 cm³/mol. The Kier molecular flexibility index (Phi) is 7.07. The lowest BCUT2D eigenvalue weighted by atomic mass is 9.49. The average Bonchev–Trinajstić information content (AvgIpc) is 2.85. The van der Waals surface area contributed by atoms with Gasteiger partial charge in [0.1, 0.15) is 0 Å². The Morgan fingerprint density at radius 1 is 1.21 bits per heavy atom. The number of rotatable bonds is 8. The summed E-state index contributed by atoms with van der Waals surface area (Å²) in [6.07, 6.45) is 5.27. The van der Waals surface area contributed by atoms with Crippen LogP contribution in [0.3, 0.4) is 0 Å². The van der Waals surface area contributed by atoms with Gasteiger partial charge in [-0.2, -0.15) is 0 Å². The molecular weight excluding hydrogens is 432 g/mol. The molecule has 0 N–H and O–H groups in total. The fourth-order valence-electron chi connectivity index (χ4n) is 5.76. The Morgan fingerprint density at radius 2 is 1.94 bits per heavy atom. The van der Waals surface area contributed by atoms with E-state index < -0.39 is 4.92 Å². The molecule has 1 aliphatic heterocycles. The minimum absolute atomic E-state index is 0.0703. The number of nitro benzene ring substituents is 1. The van der Waals surface area contributed by atoms with Crippen molar-refractivity contribution in [1.29, 1.82) is 0 Å². The van der Waals surface area contributed by atoms with E-state index in [0.29, 0.717) is 43.0 Å². The van der Waals surface area contributed by atoms with Crippen LogP contribution in [0.15, 0.2) is 35.9 Å². The van der Waals surface area contributed by atoms with E-state index in [1.807, 2.05) is 11.8 Å². The molecule has 2 atom stereocenters. The van der Waals surface area contributed by atoms with Crippen LogP contribution in [0.25, 0.3) is 0 Å². The maximum atomic E-state index is 12.8. The second-order valence-corrected chi connectivity index (χ2v) is 10.4. The molecule has 1 saturated heterocycles. The van der Waals surface area contributed by atoms with Crippen LogP contribution in [0.2, 0.25) is 0 Å². The highest BCUT2D eigenvalue weighted by molar-refractivity contribution is 5.94. The van der Waals surface area contributed by atoms with Gasteiger partial charge in [-0.3, -0.25) is 24.6 Å². The molecule has 1 aromatic carbocycles. The number of non-ortho nitro benzene ring substituents is 1. The van der Waals surface area contributed by atoms with Crippen molar-refractivity contribution in [3.05, 3.63) is 51.6 Å². The maximum absolute atomic E-state index is 12.8. The number of hydrogen-bond donors (Lipinski definition) is 0. The van der Waals surface area contributed by atoms with E-state index in [0.717, 1.165) is 38.5 Å². The summed E-state index contributed by atoms with van der Waals surface area (Å²) >= 11 is 0. The van der Waals surface area contributed by atoms with Crippen molar-refractivity contribution in [3.8, 4) is 0 Å². The van der Waals surface area contributed by atoms with Crippen LogP contribution in [-0.2, 0) is 4.79 Å². The van der Waals surface area contributed by atoms with Gasteiger partial charge in [-0.1, -0.05) is 38.5 Å². The molecule has 2 unspecified atom stereocenters. The van der Waals surface area contributed by atoms with E-state index in [9.17, 15) is 19.7 Å².